The molecule has 4 rings (SSSR count). The number of aliphatic carboxylic acids is 1. The van der Waals surface area contributed by atoms with E-state index in [1.165, 1.54) is 0 Å². The summed E-state index contributed by atoms with van der Waals surface area (Å²) >= 11 is 0. The predicted molar refractivity (Wildman–Crippen MR) is 74.1 cm³/mol. The number of carbonyl (C=O) groups excluding carboxylic acids is 1. The number of hydrogen-bond donors (Lipinski definition) is 1. The van der Waals surface area contributed by atoms with Crippen LogP contribution in [0.1, 0.15) is 25.7 Å². The van der Waals surface area contributed by atoms with Crippen LogP contribution in [-0.2, 0) is 9.59 Å². The van der Waals surface area contributed by atoms with E-state index in [1.807, 2.05) is 4.90 Å². The molecule has 0 aromatic rings. The van der Waals surface area contributed by atoms with E-state index in [9.17, 15) is 14.7 Å². The third-order valence-electron chi connectivity index (χ3n) is 5.60. The first-order valence-electron chi connectivity index (χ1n) is 7.78. The summed E-state index contributed by atoms with van der Waals surface area (Å²) < 4.78 is 0. The van der Waals surface area contributed by atoms with Crippen molar-refractivity contribution in [3.63, 3.8) is 0 Å². The molecule has 2 unspecified atom stereocenters. The molecule has 4 aliphatic rings. The lowest BCUT2D eigenvalue weighted by Crippen LogP contribution is -2.55. The molecule has 1 heterocycles. The topological polar surface area (TPSA) is 60.9 Å². The number of piperazine rings is 1. The van der Waals surface area contributed by atoms with Crippen LogP contribution in [0.25, 0.3) is 0 Å². The molecule has 20 heavy (non-hydrogen) atoms. The molecule has 2 atom stereocenters. The van der Waals surface area contributed by atoms with Crippen molar-refractivity contribution in [3.8, 4) is 0 Å². The lowest BCUT2D eigenvalue weighted by Gasteiger charge is -2.47. The van der Waals surface area contributed by atoms with E-state index >= 15 is 0 Å². The molecule has 0 spiro atoms. The zero-order chi connectivity index (χ0) is 14.3. The summed E-state index contributed by atoms with van der Waals surface area (Å²) in [5.74, 6) is -0.822. The van der Waals surface area contributed by atoms with Crippen molar-refractivity contribution >= 4 is 11.9 Å². The van der Waals surface area contributed by atoms with E-state index in [2.05, 4.69) is 11.9 Å². The maximum absolute atomic E-state index is 12.8. The zero-order valence-corrected chi connectivity index (χ0v) is 12.1. The molecule has 112 valence electrons. The van der Waals surface area contributed by atoms with Crippen LogP contribution >= 0.6 is 0 Å². The van der Waals surface area contributed by atoms with Gasteiger partial charge in [-0.2, -0.15) is 0 Å². The zero-order valence-electron chi connectivity index (χ0n) is 12.1. The number of carboxylic acids is 1. The normalized spacial score (nSPS) is 38.0. The summed E-state index contributed by atoms with van der Waals surface area (Å²) in [5, 5.41) is 9.54. The molecule has 3 aliphatic carbocycles. The van der Waals surface area contributed by atoms with Gasteiger partial charge in [-0.1, -0.05) is 0 Å². The van der Waals surface area contributed by atoms with Gasteiger partial charge in [0.15, 0.2) is 0 Å². The third-order valence-corrected chi connectivity index (χ3v) is 5.60. The van der Waals surface area contributed by atoms with Gasteiger partial charge in [0.1, 0.15) is 0 Å². The third kappa shape index (κ3) is 2.32. The summed E-state index contributed by atoms with van der Waals surface area (Å²) in [6.07, 6.45) is 4.07. The number of fused-ring (bicyclic) bond motifs is 3. The Morgan fingerprint density at radius 1 is 0.900 bits per heavy atom. The van der Waals surface area contributed by atoms with Crippen molar-refractivity contribution < 1.29 is 14.7 Å². The van der Waals surface area contributed by atoms with Crippen LogP contribution in [0.5, 0.6) is 0 Å². The summed E-state index contributed by atoms with van der Waals surface area (Å²) in [4.78, 5) is 28.5. The number of amides is 1. The minimum Gasteiger partial charge on any atom is -0.481 e. The van der Waals surface area contributed by atoms with Crippen molar-refractivity contribution in [2.24, 2.45) is 23.7 Å². The first kappa shape index (κ1) is 13.9. The molecule has 2 bridgehead atoms. The van der Waals surface area contributed by atoms with Crippen LogP contribution in [0.3, 0.4) is 0 Å². The van der Waals surface area contributed by atoms with E-state index in [1.54, 1.807) is 0 Å². The van der Waals surface area contributed by atoms with Gasteiger partial charge in [0, 0.05) is 26.2 Å². The van der Waals surface area contributed by atoms with Crippen molar-refractivity contribution in [2.45, 2.75) is 25.7 Å². The molecule has 5 nitrogen and oxygen atoms in total. The SMILES string of the molecule is CN1CCN(C(=O)C2C3CCC(CC3)C2C(=O)O)CC1. The molecule has 5 heteroatoms. The smallest absolute Gasteiger partial charge is 0.307 e. The van der Waals surface area contributed by atoms with Gasteiger partial charge in [-0.05, 0) is 44.6 Å². The van der Waals surface area contributed by atoms with Crippen LogP contribution in [0.15, 0.2) is 0 Å². The number of hydrogen-bond acceptors (Lipinski definition) is 3. The molecule has 1 N–H and O–H groups in total. The van der Waals surface area contributed by atoms with E-state index in [0.29, 0.717) is 5.92 Å². The number of rotatable bonds is 2. The van der Waals surface area contributed by atoms with Crippen molar-refractivity contribution in [1.82, 2.24) is 9.80 Å². The second kappa shape index (κ2) is 5.35. The highest BCUT2D eigenvalue weighted by Crippen LogP contribution is 2.49. The predicted octanol–water partition coefficient (Wildman–Crippen LogP) is 0.897. The van der Waals surface area contributed by atoms with Crippen LogP contribution in [0.4, 0.5) is 0 Å². The summed E-state index contributed by atoms with van der Waals surface area (Å²) in [5.41, 5.74) is 0. The van der Waals surface area contributed by atoms with Crippen molar-refractivity contribution in [1.29, 1.82) is 0 Å². The Balaban J connectivity index is 1.76. The average molecular weight is 280 g/mol. The van der Waals surface area contributed by atoms with Crippen LogP contribution in [0.2, 0.25) is 0 Å². The Labute approximate surface area is 119 Å². The van der Waals surface area contributed by atoms with Crippen LogP contribution in [0, 0.1) is 23.7 Å². The average Bonchev–Trinajstić information content (AvgIpc) is 2.47. The molecule has 1 amide bonds. The minimum absolute atomic E-state index is 0.111. The van der Waals surface area contributed by atoms with Gasteiger partial charge >= 0.3 is 5.97 Å². The van der Waals surface area contributed by atoms with Gasteiger partial charge < -0.3 is 14.9 Å². The fourth-order valence-corrected chi connectivity index (χ4v) is 4.40. The van der Waals surface area contributed by atoms with E-state index in [-0.39, 0.29) is 17.7 Å². The maximum atomic E-state index is 12.8. The van der Waals surface area contributed by atoms with E-state index in [4.69, 9.17) is 0 Å². The van der Waals surface area contributed by atoms with E-state index < -0.39 is 11.9 Å². The van der Waals surface area contributed by atoms with Gasteiger partial charge in [0.2, 0.25) is 5.91 Å². The Bertz CT molecular complexity index is 396. The monoisotopic (exact) mass is 280 g/mol. The van der Waals surface area contributed by atoms with Gasteiger partial charge in [-0.15, -0.1) is 0 Å². The van der Waals surface area contributed by atoms with E-state index in [0.717, 1.165) is 51.9 Å². The van der Waals surface area contributed by atoms with Gasteiger partial charge in [0.25, 0.3) is 0 Å². The lowest BCUT2D eigenvalue weighted by atomic mass is 9.58. The molecule has 4 fully saturated rings. The van der Waals surface area contributed by atoms with Gasteiger partial charge in [0.05, 0.1) is 11.8 Å². The Kier molecular flexibility index (Phi) is 3.71. The standard InChI is InChI=1S/C15H24N2O3/c1-16-6-8-17(9-7-16)14(18)12-10-2-4-11(5-3-10)13(12)15(19)20/h10-13H,2-9H2,1H3,(H,19,20). The molecule has 0 radical (unpaired) electrons. The minimum atomic E-state index is -0.758. The summed E-state index contributed by atoms with van der Waals surface area (Å²) in [6, 6.07) is 0. The fourth-order valence-electron chi connectivity index (χ4n) is 4.40. The molecular formula is C15H24N2O3. The highest BCUT2D eigenvalue weighted by molar-refractivity contribution is 5.85. The van der Waals surface area contributed by atoms with Crippen LogP contribution < -0.4 is 0 Å². The molecule has 3 saturated carbocycles. The molecular weight excluding hydrogens is 256 g/mol. The van der Waals surface area contributed by atoms with Gasteiger partial charge in [-0.25, -0.2) is 0 Å². The number of likely N-dealkylation sites (N-methyl/N-ethyl adjacent to an activating group) is 1. The highest BCUT2D eigenvalue weighted by Gasteiger charge is 2.51. The number of nitrogens with zero attached hydrogens (tertiary/aromatic N) is 2. The highest BCUT2D eigenvalue weighted by atomic mass is 16.4. The Hall–Kier alpha value is -1.10. The molecule has 1 aliphatic heterocycles. The van der Waals surface area contributed by atoms with Crippen molar-refractivity contribution in [2.75, 3.05) is 33.2 Å². The quantitative estimate of drug-likeness (QED) is 0.816. The summed E-state index contributed by atoms with van der Waals surface area (Å²) in [6.45, 7) is 3.28. The molecule has 0 aromatic carbocycles. The Morgan fingerprint density at radius 2 is 1.40 bits per heavy atom. The lowest BCUT2D eigenvalue weighted by molar-refractivity contribution is -0.162. The Morgan fingerprint density at radius 3 is 1.90 bits per heavy atom. The first-order valence-corrected chi connectivity index (χ1v) is 7.78. The second-order valence-corrected chi connectivity index (χ2v) is 6.69. The molecule has 0 aromatic heterocycles. The van der Waals surface area contributed by atoms with Crippen LogP contribution in [-0.4, -0.2) is 60.0 Å². The molecule has 1 saturated heterocycles. The first-order chi connectivity index (χ1) is 9.58. The number of carbonyl (C=O) groups is 2. The fraction of sp³-hybridized carbons (Fsp3) is 0.867. The summed E-state index contributed by atoms with van der Waals surface area (Å²) in [7, 11) is 2.06. The maximum Gasteiger partial charge on any atom is 0.307 e. The second-order valence-electron chi connectivity index (χ2n) is 6.69. The van der Waals surface area contributed by atoms with Crippen molar-refractivity contribution in [3.05, 3.63) is 0 Å². The largest absolute Gasteiger partial charge is 0.481 e. The number of carboxylic acid groups (broad SMARTS) is 1. The van der Waals surface area contributed by atoms with Gasteiger partial charge in [-0.3, -0.25) is 9.59 Å².